The van der Waals surface area contributed by atoms with Gasteiger partial charge in [0.25, 0.3) is 0 Å². The van der Waals surface area contributed by atoms with Crippen molar-refractivity contribution in [2.75, 3.05) is 12.4 Å². The van der Waals surface area contributed by atoms with Crippen molar-refractivity contribution in [3.8, 4) is 5.75 Å². The van der Waals surface area contributed by atoms with Crippen molar-refractivity contribution < 1.29 is 42.5 Å². The van der Waals surface area contributed by atoms with Crippen LogP contribution >= 0.6 is 7.75 Å². The Kier molecular flexibility index (Phi) is 9.20. The smallest absolute Gasteiger partial charge is 0.460 e. The van der Waals surface area contributed by atoms with Gasteiger partial charge in [0.05, 0.1) is 6.10 Å². The van der Waals surface area contributed by atoms with Crippen molar-refractivity contribution in [2.24, 2.45) is 0 Å². The fourth-order valence-corrected chi connectivity index (χ4v) is 5.86. The van der Waals surface area contributed by atoms with Gasteiger partial charge in [-0.3, -0.25) is 13.9 Å². The third kappa shape index (κ3) is 6.83. The minimum absolute atomic E-state index is 0.117. The van der Waals surface area contributed by atoms with E-state index in [0.29, 0.717) is 0 Å². The molecule has 0 spiro atoms. The molecule has 0 aliphatic carbocycles. The van der Waals surface area contributed by atoms with Gasteiger partial charge in [0.15, 0.2) is 11.8 Å². The number of carbonyl (C=O) groups is 1. The predicted molar refractivity (Wildman–Crippen MR) is 137 cm³/mol. The van der Waals surface area contributed by atoms with Crippen LogP contribution in [0.5, 0.6) is 5.75 Å². The van der Waals surface area contributed by atoms with Gasteiger partial charge in [-0.2, -0.15) is 10.1 Å². The first-order valence-corrected chi connectivity index (χ1v) is 13.7. The van der Waals surface area contributed by atoms with Crippen molar-refractivity contribution in [2.45, 2.75) is 76.4 Å². The van der Waals surface area contributed by atoms with Crippen LogP contribution < -0.4 is 21.0 Å². The van der Waals surface area contributed by atoms with Gasteiger partial charge in [0.1, 0.15) is 42.1 Å². The maximum Gasteiger partial charge on any atom is 0.460 e. The highest BCUT2D eigenvalue weighted by molar-refractivity contribution is 7.52. The van der Waals surface area contributed by atoms with Crippen LogP contribution in [0.2, 0.25) is 0 Å². The molecule has 0 saturated carbocycles. The molecule has 1 aromatic carbocycles. The number of carbonyl (C=O) groups excluding carboxylic acids is 1. The van der Waals surface area contributed by atoms with Crippen LogP contribution in [-0.4, -0.2) is 68.0 Å². The summed E-state index contributed by atoms with van der Waals surface area (Å²) in [7, 11) is -4.47. The summed E-state index contributed by atoms with van der Waals surface area (Å²) in [6.45, 7) is 5.87. The highest BCUT2D eigenvalue weighted by Gasteiger charge is 2.62. The molecular weight excluding hydrogens is 538 g/mol. The number of nitrogen functional groups attached to an aromatic ring is 1. The van der Waals surface area contributed by atoms with E-state index >= 15 is 0 Å². The SMILES string of the molecule is CC(C)OC(=O)[C@H](C)NP(=O)(Oc1ccccc1)OC(C)(C)[C@H]1O[C@@H](n2ccc(N)nc2=O)[C@@](O)(CF)C1O. The normalized spacial score (nSPS) is 25.7. The lowest BCUT2D eigenvalue weighted by molar-refractivity contribution is -0.149. The number of halogens is 1. The number of anilines is 1. The van der Waals surface area contributed by atoms with Gasteiger partial charge in [-0.15, -0.1) is 0 Å². The van der Waals surface area contributed by atoms with E-state index in [1.54, 1.807) is 32.0 Å². The van der Waals surface area contributed by atoms with Crippen LogP contribution in [0.1, 0.15) is 40.8 Å². The number of aliphatic hydroxyl groups is 2. The standard InChI is InChI=1S/C24H34FN4O9P/c1-14(2)35-20(31)15(3)28-39(34,37-16-9-7-6-8-10-16)38-23(4,5)19-18(30)24(33,13-25)21(36-19)29-12-11-17(26)27-22(29)32/h6-12,14-15,18-19,21,30,33H,13H2,1-5H3,(H,28,34)(H2,26,27,32)/t15-,18?,19-,21+,24+,39?/m0/s1. The first kappa shape index (κ1) is 30.7. The van der Waals surface area contributed by atoms with Crippen molar-refractivity contribution in [1.82, 2.24) is 14.6 Å². The molecule has 1 fully saturated rings. The molecule has 0 radical (unpaired) electrons. The molecule has 2 aromatic rings. The number of aliphatic hydroxyl groups excluding tert-OH is 1. The average molecular weight is 573 g/mol. The zero-order chi connectivity index (χ0) is 29.2. The quantitative estimate of drug-likeness (QED) is 0.226. The fraction of sp³-hybridized carbons (Fsp3) is 0.542. The summed E-state index contributed by atoms with van der Waals surface area (Å²) in [6, 6.07) is 8.01. The van der Waals surface area contributed by atoms with Gasteiger partial charge < -0.3 is 29.9 Å². The second-order valence-electron chi connectivity index (χ2n) is 9.95. The maximum atomic E-state index is 14.2. The molecule has 13 nitrogen and oxygen atoms in total. The highest BCUT2D eigenvalue weighted by atomic mass is 31.2. The van der Waals surface area contributed by atoms with E-state index in [-0.39, 0.29) is 11.6 Å². The van der Waals surface area contributed by atoms with Crippen molar-refractivity contribution in [3.05, 3.63) is 53.1 Å². The molecule has 1 aliphatic rings. The second kappa shape index (κ2) is 11.7. The number of hydrogen-bond donors (Lipinski definition) is 4. The van der Waals surface area contributed by atoms with Crippen molar-refractivity contribution >= 4 is 19.5 Å². The van der Waals surface area contributed by atoms with Crippen LogP contribution in [0.4, 0.5) is 10.2 Å². The van der Waals surface area contributed by atoms with E-state index in [9.17, 15) is 28.8 Å². The number of hydrogen-bond acceptors (Lipinski definition) is 11. The number of para-hydroxylation sites is 1. The minimum Gasteiger partial charge on any atom is -0.462 e. The molecule has 0 bridgehead atoms. The molecule has 3 rings (SSSR count). The molecular formula is C24H34FN4O9P. The lowest BCUT2D eigenvalue weighted by Crippen LogP contribution is -2.54. The summed E-state index contributed by atoms with van der Waals surface area (Å²) in [4.78, 5) is 28.4. The van der Waals surface area contributed by atoms with Gasteiger partial charge in [-0.05, 0) is 52.8 Å². The molecule has 1 aromatic heterocycles. The van der Waals surface area contributed by atoms with Gasteiger partial charge in [-0.25, -0.2) is 13.8 Å². The van der Waals surface area contributed by atoms with Crippen molar-refractivity contribution in [3.63, 3.8) is 0 Å². The van der Waals surface area contributed by atoms with E-state index in [0.717, 1.165) is 10.8 Å². The average Bonchev–Trinajstić information content (AvgIpc) is 3.10. The van der Waals surface area contributed by atoms with E-state index in [1.807, 2.05) is 0 Å². The summed E-state index contributed by atoms with van der Waals surface area (Å²) < 4.78 is 51.4. The Hall–Kier alpha value is -2.87. The Balaban J connectivity index is 1.95. The Morgan fingerprint density at radius 2 is 1.95 bits per heavy atom. The number of alkyl halides is 1. The summed E-state index contributed by atoms with van der Waals surface area (Å²) in [5.41, 5.74) is 0.163. The number of nitrogens with two attached hydrogens (primary N) is 1. The molecule has 0 amide bonds. The van der Waals surface area contributed by atoms with Crippen molar-refractivity contribution in [1.29, 1.82) is 0 Å². The fourth-order valence-electron chi connectivity index (χ4n) is 4.02. The largest absolute Gasteiger partial charge is 0.462 e. The predicted octanol–water partition coefficient (Wildman–Crippen LogP) is 1.70. The van der Waals surface area contributed by atoms with Crippen LogP contribution in [0.15, 0.2) is 47.4 Å². The first-order chi connectivity index (χ1) is 18.1. The van der Waals surface area contributed by atoms with E-state index in [1.165, 1.54) is 39.0 Å². The molecule has 39 heavy (non-hydrogen) atoms. The van der Waals surface area contributed by atoms with Crippen LogP contribution in [0, 0.1) is 0 Å². The topological polar surface area (TPSA) is 184 Å². The number of ether oxygens (including phenoxy) is 2. The molecule has 216 valence electrons. The van der Waals surface area contributed by atoms with Gasteiger partial charge in [-0.1, -0.05) is 18.2 Å². The second-order valence-corrected chi connectivity index (χ2v) is 11.6. The number of nitrogens with zero attached hydrogens (tertiary/aromatic N) is 2. The Morgan fingerprint density at radius 3 is 2.51 bits per heavy atom. The number of benzene rings is 1. The maximum absolute atomic E-state index is 14.2. The third-order valence-corrected chi connectivity index (χ3v) is 7.75. The van der Waals surface area contributed by atoms with E-state index < -0.39 is 67.9 Å². The summed E-state index contributed by atoms with van der Waals surface area (Å²) in [6.07, 6.45) is -4.59. The molecule has 2 heterocycles. The number of aromatic nitrogens is 2. The Labute approximate surface area is 224 Å². The Morgan fingerprint density at radius 1 is 1.31 bits per heavy atom. The summed E-state index contributed by atoms with van der Waals surface area (Å²) >= 11 is 0. The minimum atomic E-state index is -4.47. The number of rotatable bonds is 11. The lowest BCUT2D eigenvalue weighted by atomic mass is 9.88. The lowest BCUT2D eigenvalue weighted by Gasteiger charge is -2.36. The third-order valence-electron chi connectivity index (χ3n) is 5.89. The van der Waals surface area contributed by atoms with Crippen LogP contribution in [0.3, 0.4) is 0 Å². The van der Waals surface area contributed by atoms with Gasteiger partial charge in [0.2, 0.25) is 0 Å². The highest BCUT2D eigenvalue weighted by Crippen LogP contribution is 2.52. The molecule has 6 atom stereocenters. The van der Waals surface area contributed by atoms with E-state index in [4.69, 9.17) is 24.3 Å². The summed E-state index contributed by atoms with van der Waals surface area (Å²) in [5, 5.41) is 24.6. The number of esters is 1. The van der Waals surface area contributed by atoms with E-state index in [2.05, 4.69) is 10.1 Å². The molecule has 2 unspecified atom stereocenters. The molecule has 1 aliphatic heterocycles. The zero-order valence-corrected chi connectivity index (χ0v) is 23.1. The first-order valence-electron chi connectivity index (χ1n) is 12.1. The van der Waals surface area contributed by atoms with Gasteiger partial charge in [0, 0.05) is 6.20 Å². The van der Waals surface area contributed by atoms with Gasteiger partial charge >= 0.3 is 19.4 Å². The monoisotopic (exact) mass is 572 g/mol. The summed E-state index contributed by atoms with van der Waals surface area (Å²) in [5.74, 6) is -0.726. The van der Waals surface area contributed by atoms with Crippen LogP contribution in [0.25, 0.3) is 0 Å². The molecule has 15 heteroatoms. The van der Waals surface area contributed by atoms with Crippen LogP contribution in [-0.2, 0) is 23.4 Å². The Bertz CT molecular complexity index is 1260. The molecule has 1 saturated heterocycles. The number of nitrogens with one attached hydrogen (secondary N) is 1. The zero-order valence-electron chi connectivity index (χ0n) is 22.2. The molecule has 5 N–H and O–H groups in total.